The van der Waals surface area contributed by atoms with Crippen LogP contribution in [0.2, 0.25) is 0 Å². The summed E-state index contributed by atoms with van der Waals surface area (Å²) in [4.78, 5) is 32.1. The fourth-order valence-electron chi connectivity index (χ4n) is 2.47. The van der Waals surface area contributed by atoms with Crippen LogP contribution in [0.5, 0.6) is 0 Å². The quantitative estimate of drug-likeness (QED) is 0.142. The maximum atomic E-state index is 10.8. The van der Waals surface area contributed by atoms with Crippen molar-refractivity contribution in [2.45, 2.75) is 70.8 Å². The topological polar surface area (TPSA) is 180 Å². The van der Waals surface area contributed by atoms with Crippen molar-refractivity contribution < 1.29 is 54.1 Å². The van der Waals surface area contributed by atoms with E-state index < -0.39 is 36.4 Å². The number of aliphatic carboxylic acids is 3. The van der Waals surface area contributed by atoms with Gasteiger partial charge in [0, 0.05) is 46.2 Å². The predicted molar refractivity (Wildman–Crippen MR) is 119 cm³/mol. The first kappa shape index (κ1) is 33.4. The van der Waals surface area contributed by atoms with E-state index in [-0.39, 0.29) is 19.8 Å². The molecular weight excluding hydrogens is 440 g/mol. The van der Waals surface area contributed by atoms with Gasteiger partial charge in [0.15, 0.2) is 6.10 Å². The van der Waals surface area contributed by atoms with Crippen LogP contribution in [-0.2, 0) is 28.6 Å². The van der Waals surface area contributed by atoms with Crippen molar-refractivity contribution in [2.24, 2.45) is 5.92 Å². The Morgan fingerprint density at radius 3 is 1.45 bits per heavy atom. The Morgan fingerprint density at radius 1 is 0.667 bits per heavy atom. The standard InChI is InChI=1S/C12H26O4.C10H16O7/c13-7-1-3-9-15-11-5-6-12-16-10-4-2-8-14;1-2-3-4-17-8(10(15)16)6(9(13)14)5-7(11)12/h13-14H,1-12H2;6,8H,2-5H2,1H3,(H,11,12)(H,13,14)(H,15,16). The highest BCUT2D eigenvalue weighted by Gasteiger charge is 2.36. The van der Waals surface area contributed by atoms with Crippen molar-refractivity contribution >= 4 is 17.9 Å². The minimum Gasteiger partial charge on any atom is -0.481 e. The number of unbranched alkanes of at least 4 members (excludes halogenated alkanes) is 4. The van der Waals surface area contributed by atoms with Crippen molar-refractivity contribution in [3.63, 3.8) is 0 Å². The van der Waals surface area contributed by atoms with Crippen LogP contribution in [0, 0.1) is 5.92 Å². The first-order valence-electron chi connectivity index (χ1n) is 11.5. The van der Waals surface area contributed by atoms with E-state index >= 15 is 0 Å². The normalized spacial score (nSPS) is 12.5. The van der Waals surface area contributed by atoms with E-state index in [9.17, 15) is 14.4 Å². The molecule has 0 saturated carbocycles. The molecule has 11 heteroatoms. The van der Waals surface area contributed by atoms with Gasteiger partial charge in [0.2, 0.25) is 0 Å². The number of carboxylic acid groups (broad SMARTS) is 3. The lowest BCUT2D eigenvalue weighted by molar-refractivity contribution is -0.166. The molecule has 0 rings (SSSR count). The molecule has 0 aliphatic carbocycles. The minimum atomic E-state index is -1.63. The molecule has 2 unspecified atom stereocenters. The van der Waals surface area contributed by atoms with E-state index in [0.717, 1.165) is 71.4 Å². The Hall–Kier alpha value is -1.79. The van der Waals surface area contributed by atoms with E-state index in [1.165, 1.54) is 0 Å². The highest BCUT2D eigenvalue weighted by Crippen LogP contribution is 2.14. The molecule has 5 N–H and O–H groups in total. The molecule has 0 saturated heterocycles. The maximum absolute atomic E-state index is 10.8. The van der Waals surface area contributed by atoms with E-state index in [1.807, 2.05) is 6.92 Å². The molecule has 0 amide bonds. The molecule has 0 aromatic rings. The zero-order valence-corrected chi connectivity index (χ0v) is 19.7. The van der Waals surface area contributed by atoms with Gasteiger partial charge in [0.05, 0.1) is 6.42 Å². The second-order valence-corrected chi connectivity index (χ2v) is 7.32. The molecule has 0 aliphatic heterocycles. The first-order chi connectivity index (χ1) is 15.8. The third kappa shape index (κ3) is 23.2. The Labute approximate surface area is 195 Å². The van der Waals surface area contributed by atoms with Crippen LogP contribution < -0.4 is 0 Å². The van der Waals surface area contributed by atoms with Gasteiger partial charge in [-0.25, -0.2) is 4.79 Å². The van der Waals surface area contributed by atoms with E-state index in [2.05, 4.69) is 0 Å². The first-order valence-corrected chi connectivity index (χ1v) is 11.5. The van der Waals surface area contributed by atoms with Gasteiger partial charge < -0.3 is 39.7 Å². The molecule has 0 fully saturated rings. The molecule has 0 radical (unpaired) electrons. The van der Waals surface area contributed by atoms with Crippen LogP contribution in [0.4, 0.5) is 0 Å². The molecule has 0 aromatic carbocycles. The fourth-order valence-corrected chi connectivity index (χ4v) is 2.47. The van der Waals surface area contributed by atoms with E-state index in [0.29, 0.717) is 6.42 Å². The average Bonchev–Trinajstić information content (AvgIpc) is 2.76. The molecular formula is C22H42O11. The van der Waals surface area contributed by atoms with Crippen molar-refractivity contribution in [3.05, 3.63) is 0 Å². The Morgan fingerprint density at radius 2 is 1.12 bits per heavy atom. The van der Waals surface area contributed by atoms with Crippen LogP contribution in [0.15, 0.2) is 0 Å². The maximum Gasteiger partial charge on any atom is 0.333 e. The predicted octanol–water partition coefficient (Wildman–Crippen LogP) is 1.78. The summed E-state index contributed by atoms with van der Waals surface area (Å²) < 4.78 is 15.7. The Kier molecular flexibility index (Phi) is 25.1. The molecule has 2 atom stereocenters. The van der Waals surface area contributed by atoms with Crippen LogP contribution in [-0.4, -0.2) is 95.8 Å². The summed E-state index contributed by atoms with van der Waals surface area (Å²) in [5.74, 6) is -5.91. The van der Waals surface area contributed by atoms with Gasteiger partial charge in [0.25, 0.3) is 0 Å². The number of hydrogen-bond donors (Lipinski definition) is 5. The highest BCUT2D eigenvalue weighted by molar-refractivity contribution is 5.85. The van der Waals surface area contributed by atoms with Gasteiger partial charge >= 0.3 is 17.9 Å². The minimum absolute atomic E-state index is 0.0941. The van der Waals surface area contributed by atoms with Gasteiger partial charge in [-0.15, -0.1) is 0 Å². The van der Waals surface area contributed by atoms with Gasteiger partial charge in [-0.2, -0.15) is 0 Å². The molecule has 0 spiro atoms. The number of carboxylic acids is 3. The van der Waals surface area contributed by atoms with Crippen molar-refractivity contribution in [3.8, 4) is 0 Å². The summed E-state index contributed by atoms with van der Waals surface area (Å²) in [5.41, 5.74) is 0. The third-order valence-corrected chi connectivity index (χ3v) is 4.34. The van der Waals surface area contributed by atoms with Crippen molar-refractivity contribution in [1.82, 2.24) is 0 Å². The van der Waals surface area contributed by atoms with Crippen LogP contribution in [0.25, 0.3) is 0 Å². The lowest BCUT2D eigenvalue weighted by atomic mass is 9.98. The SMILES string of the molecule is CCCCOC(C(=O)O)C(CC(=O)O)C(=O)O.OCCCCOCCCCOCCCCO. The number of rotatable bonds is 22. The largest absolute Gasteiger partial charge is 0.481 e. The summed E-state index contributed by atoms with van der Waals surface area (Å²) in [6.45, 7) is 5.53. The fraction of sp³-hybridized carbons (Fsp3) is 0.864. The van der Waals surface area contributed by atoms with Gasteiger partial charge in [0.1, 0.15) is 5.92 Å². The Bertz CT molecular complexity index is 471. The average molecular weight is 483 g/mol. The third-order valence-electron chi connectivity index (χ3n) is 4.34. The summed E-state index contributed by atoms with van der Waals surface area (Å²) in [7, 11) is 0. The molecule has 0 aromatic heterocycles. The molecule has 11 nitrogen and oxygen atoms in total. The van der Waals surface area contributed by atoms with Gasteiger partial charge in [-0.1, -0.05) is 13.3 Å². The number of ether oxygens (including phenoxy) is 3. The van der Waals surface area contributed by atoms with Crippen LogP contribution in [0.3, 0.4) is 0 Å². The molecule has 196 valence electrons. The number of aliphatic hydroxyl groups excluding tert-OH is 2. The lowest BCUT2D eigenvalue weighted by Crippen LogP contribution is -2.38. The second kappa shape index (κ2) is 24.8. The van der Waals surface area contributed by atoms with Gasteiger partial charge in [-0.3, -0.25) is 9.59 Å². The van der Waals surface area contributed by atoms with Crippen LogP contribution >= 0.6 is 0 Å². The zero-order valence-electron chi connectivity index (χ0n) is 19.7. The van der Waals surface area contributed by atoms with E-state index in [4.69, 9.17) is 39.7 Å². The lowest BCUT2D eigenvalue weighted by Gasteiger charge is -2.19. The zero-order chi connectivity index (χ0) is 25.3. The summed E-state index contributed by atoms with van der Waals surface area (Å²) in [6.07, 6.45) is 4.53. The summed E-state index contributed by atoms with van der Waals surface area (Å²) in [6, 6.07) is 0. The number of aliphatic hydroxyl groups is 2. The van der Waals surface area contributed by atoms with Crippen molar-refractivity contribution in [2.75, 3.05) is 46.2 Å². The highest BCUT2D eigenvalue weighted by atomic mass is 16.5. The number of hydrogen-bond acceptors (Lipinski definition) is 8. The molecule has 0 bridgehead atoms. The molecule has 0 aliphatic rings. The molecule has 0 heterocycles. The van der Waals surface area contributed by atoms with Crippen molar-refractivity contribution in [1.29, 1.82) is 0 Å². The van der Waals surface area contributed by atoms with Gasteiger partial charge in [-0.05, 0) is 44.9 Å². The Balaban J connectivity index is 0. The second-order valence-electron chi connectivity index (χ2n) is 7.32. The van der Waals surface area contributed by atoms with E-state index in [1.54, 1.807) is 0 Å². The number of carbonyl (C=O) groups is 3. The smallest absolute Gasteiger partial charge is 0.333 e. The monoisotopic (exact) mass is 482 g/mol. The summed E-state index contributed by atoms with van der Waals surface area (Å²) in [5, 5.41) is 43.2. The molecule has 33 heavy (non-hydrogen) atoms. The van der Waals surface area contributed by atoms with Crippen LogP contribution in [0.1, 0.15) is 64.7 Å². The summed E-state index contributed by atoms with van der Waals surface area (Å²) >= 11 is 0.